The van der Waals surface area contributed by atoms with E-state index in [0.29, 0.717) is 5.75 Å². The van der Waals surface area contributed by atoms with Gasteiger partial charge >= 0.3 is 35.8 Å². The number of carbonyl (C=O) groups excluding carboxylic acids is 4. The van der Waals surface area contributed by atoms with Gasteiger partial charge in [0.25, 0.3) is 0 Å². The molecule has 3 aromatic rings. The number of hydrogen-bond acceptors (Lipinski definition) is 13. The molecule has 0 aliphatic heterocycles. The van der Waals surface area contributed by atoms with Gasteiger partial charge in [-0.1, -0.05) is 47.3 Å². The molecule has 0 heterocycles. The summed E-state index contributed by atoms with van der Waals surface area (Å²) in [6, 6.07) is 11.7. The summed E-state index contributed by atoms with van der Waals surface area (Å²) in [6.07, 6.45) is 4.83. The predicted octanol–water partition coefficient (Wildman–Crippen LogP) is 6.01. The zero-order valence-electron chi connectivity index (χ0n) is 29.3. The van der Waals surface area contributed by atoms with Crippen molar-refractivity contribution in [3.05, 3.63) is 126 Å². The highest BCUT2D eigenvalue weighted by atomic mass is 79.9. The maximum Gasteiger partial charge on any atom is 0.338 e. The van der Waals surface area contributed by atoms with Crippen molar-refractivity contribution >= 4 is 51.7 Å². The number of methoxy groups -OCH3 is 4. The molecular weight excluding hydrogens is 764 g/mol. The monoisotopic (exact) mass is 802 g/mol. The van der Waals surface area contributed by atoms with Gasteiger partial charge in [0, 0.05) is 5.33 Å². The highest BCUT2D eigenvalue weighted by molar-refractivity contribution is 9.09. The molecule has 0 fully saturated rings. The molecule has 0 atom stereocenters. The van der Waals surface area contributed by atoms with Gasteiger partial charge in [0.1, 0.15) is 30.5 Å². The van der Waals surface area contributed by atoms with E-state index in [1.54, 1.807) is 12.2 Å². The molecule has 16 heteroatoms. The lowest BCUT2D eigenvalue weighted by Crippen LogP contribution is -2.07. The molecule has 3 rings (SSSR count). The number of aromatic carboxylic acids is 2. The molecule has 15 nitrogen and oxygen atoms in total. The lowest BCUT2D eigenvalue weighted by molar-refractivity contribution is 0.0581. The second-order valence-corrected chi connectivity index (χ2v) is 10.1. The molecular formula is C37H39BrO15. The minimum atomic E-state index is -1.20. The highest BCUT2D eigenvalue weighted by Crippen LogP contribution is 2.20. The van der Waals surface area contributed by atoms with Crippen molar-refractivity contribution in [1.29, 1.82) is 0 Å². The third-order valence-electron chi connectivity index (χ3n) is 5.75. The molecule has 0 bridgehead atoms. The average molecular weight is 804 g/mol. The fourth-order valence-electron chi connectivity index (χ4n) is 3.48. The molecule has 0 amide bonds. The number of ether oxygens (including phenoxy) is 6. The van der Waals surface area contributed by atoms with E-state index in [2.05, 4.69) is 54.6 Å². The van der Waals surface area contributed by atoms with Crippen LogP contribution in [0, 0.1) is 0 Å². The van der Waals surface area contributed by atoms with Crippen molar-refractivity contribution in [3.8, 4) is 17.2 Å². The molecule has 0 aliphatic carbocycles. The van der Waals surface area contributed by atoms with Crippen molar-refractivity contribution in [2.75, 3.05) is 47.0 Å². The van der Waals surface area contributed by atoms with E-state index >= 15 is 0 Å². The van der Waals surface area contributed by atoms with Crippen LogP contribution in [0.4, 0.5) is 0 Å². The van der Waals surface area contributed by atoms with Crippen molar-refractivity contribution in [1.82, 2.24) is 0 Å². The average Bonchev–Trinajstić information content (AvgIpc) is 3.17. The second kappa shape index (κ2) is 25.5. The van der Waals surface area contributed by atoms with Gasteiger partial charge in [-0.05, 0) is 54.6 Å². The smallest absolute Gasteiger partial charge is 0.338 e. The van der Waals surface area contributed by atoms with Crippen molar-refractivity contribution in [2.24, 2.45) is 0 Å². The summed E-state index contributed by atoms with van der Waals surface area (Å²) in [5.74, 6) is -4.40. The topological polar surface area (TPSA) is 218 Å². The molecule has 0 aromatic heterocycles. The first-order valence-corrected chi connectivity index (χ1v) is 15.9. The molecule has 0 spiro atoms. The number of carbonyl (C=O) groups is 6. The summed E-state index contributed by atoms with van der Waals surface area (Å²) in [6.45, 7) is 10.8. The summed E-state index contributed by atoms with van der Waals surface area (Å²) in [7, 11) is 4.95. The Hall–Kier alpha value is -6.42. The molecule has 0 unspecified atom stereocenters. The van der Waals surface area contributed by atoms with Crippen LogP contribution >= 0.6 is 15.9 Å². The predicted molar refractivity (Wildman–Crippen MR) is 196 cm³/mol. The SMILES string of the molecule is C=CCBr.C=CCOc1cc(C(=O)O)cc(C(=O)O)c1.C=CCOc1cc(C(=O)OC)cc(C(=O)OC)c1.COC(=O)c1cc(O)cc(C(=O)OC)c1. The second-order valence-electron chi connectivity index (χ2n) is 9.48. The molecule has 0 saturated carbocycles. The van der Waals surface area contributed by atoms with Crippen molar-refractivity contribution in [2.45, 2.75) is 0 Å². The Labute approximate surface area is 313 Å². The summed E-state index contributed by atoms with van der Waals surface area (Å²) in [5.41, 5.74) is 0.382. The Balaban J connectivity index is 0.000000729. The van der Waals surface area contributed by atoms with Crippen molar-refractivity contribution < 1.29 is 72.5 Å². The number of carboxylic acids is 2. The first-order chi connectivity index (χ1) is 25.2. The Kier molecular flexibility index (Phi) is 22.4. The third-order valence-corrected chi connectivity index (χ3v) is 6.21. The van der Waals surface area contributed by atoms with Gasteiger partial charge in [0.05, 0.1) is 61.8 Å². The molecule has 284 valence electrons. The van der Waals surface area contributed by atoms with E-state index in [4.69, 9.17) is 19.7 Å². The Bertz CT molecular complexity index is 1660. The van der Waals surface area contributed by atoms with Gasteiger partial charge in [0.2, 0.25) is 0 Å². The van der Waals surface area contributed by atoms with E-state index in [1.807, 2.05) is 0 Å². The summed E-state index contributed by atoms with van der Waals surface area (Å²) in [5, 5.41) is 27.7. The molecule has 0 saturated heterocycles. The Morgan fingerprint density at radius 1 is 0.528 bits per heavy atom. The molecule has 53 heavy (non-hydrogen) atoms. The van der Waals surface area contributed by atoms with Crippen LogP contribution in [-0.2, 0) is 18.9 Å². The van der Waals surface area contributed by atoms with E-state index in [0.717, 1.165) is 11.4 Å². The number of benzene rings is 3. The van der Waals surface area contributed by atoms with Crippen LogP contribution in [0.5, 0.6) is 17.2 Å². The van der Waals surface area contributed by atoms with Gasteiger partial charge in [-0.15, -0.1) is 6.58 Å². The number of phenolic OH excluding ortho intramolecular Hbond substituents is 1. The molecule has 3 aromatic carbocycles. The molecule has 3 N–H and O–H groups in total. The van der Waals surface area contributed by atoms with Gasteiger partial charge in [0.15, 0.2) is 0 Å². The molecule has 0 aliphatic rings. The van der Waals surface area contributed by atoms with Gasteiger partial charge in [-0.3, -0.25) is 0 Å². The quantitative estimate of drug-likeness (QED) is 0.0781. The summed E-state index contributed by atoms with van der Waals surface area (Å²) < 4.78 is 28.5. The Morgan fingerprint density at radius 2 is 0.792 bits per heavy atom. The zero-order valence-corrected chi connectivity index (χ0v) is 30.9. The maximum atomic E-state index is 11.5. The zero-order chi connectivity index (χ0) is 40.5. The number of esters is 4. The number of halogens is 1. The van der Waals surface area contributed by atoms with Crippen LogP contribution in [-0.4, -0.2) is 98.1 Å². The number of rotatable bonds is 13. The summed E-state index contributed by atoms with van der Waals surface area (Å²) >= 11 is 3.13. The fourth-order valence-corrected chi connectivity index (χ4v) is 3.48. The number of carboxylic acid groups (broad SMARTS) is 2. The van der Waals surface area contributed by atoms with Gasteiger partial charge < -0.3 is 43.7 Å². The lowest BCUT2D eigenvalue weighted by Gasteiger charge is -2.08. The number of alkyl halides is 1. The minimum absolute atomic E-state index is 0.0953. The number of hydrogen-bond donors (Lipinski definition) is 3. The van der Waals surface area contributed by atoms with Crippen LogP contribution in [0.25, 0.3) is 0 Å². The maximum absolute atomic E-state index is 11.5. The van der Waals surface area contributed by atoms with Crippen LogP contribution in [0.3, 0.4) is 0 Å². The number of phenols is 1. The van der Waals surface area contributed by atoms with Gasteiger partial charge in [-0.25, -0.2) is 28.8 Å². The third kappa shape index (κ3) is 17.4. The van der Waals surface area contributed by atoms with E-state index in [-0.39, 0.29) is 58.1 Å². The Morgan fingerprint density at radius 3 is 1.04 bits per heavy atom. The standard InChI is InChI=1S/C13H14O5.C11H10O5.C10H10O5.C3H5Br/c1-4-5-18-11-7-9(12(14)16-2)6-10(8-11)13(15)17-3;1-2-3-16-9-5-7(10(12)13)4-8(6-9)11(14)15;1-14-9(12)6-3-7(10(13)15-2)5-8(11)4-6;1-2-3-4/h4,6-8H,1,5H2,2-3H3;2,4-6H,1,3H2,(H,12,13)(H,14,15);3-5,11H,1-2H3;2H,1,3H2. The van der Waals surface area contributed by atoms with Crippen LogP contribution in [0.15, 0.2) is 92.6 Å². The number of allylic oxidation sites excluding steroid dienone is 1. The van der Waals surface area contributed by atoms with E-state index in [9.17, 15) is 33.9 Å². The summed E-state index contributed by atoms with van der Waals surface area (Å²) in [4.78, 5) is 66.7. The first-order valence-electron chi connectivity index (χ1n) is 14.7. The largest absolute Gasteiger partial charge is 0.508 e. The van der Waals surface area contributed by atoms with Crippen LogP contribution < -0.4 is 9.47 Å². The minimum Gasteiger partial charge on any atom is -0.508 e. The van der Waals surface area contributed by atoms with Crippen LogP contribution in [0.2, 0.25) is 0 Å². The normalized spacial score (nSPS) is 9.23. The first kappa shape index (κ1) is 46.6. The van der Waals surface area contributed by atoms with Gasteiger partial charge in [-0.2, -0.15) is 0 Å². The van der Waals surface area contributed by atoms with Crippen molar-refractivity contribution in [3.63, 3.8) is 0 Å². The molecule has 0 radical (unpaired) electrons. The van der Waals surface area contributed by atoms with E-state index in [1.165, 1.54) is 83.0 Å². The van der Waals surface area contributed by atoms with Crippen LogP contribution in [0.1, 0.15) is 62.1 Å². The van der Waals surface area contributed by atoms with E-state index < -0.39 is 35.8 Å². The fraction of sp³-hybridized carbons (Fsp3) is 0.189. The lowest BCUT2D eigenvalue weighted by atomic mass is 10.1. The number of aromatic hydroxyl groups is 1. The highest BCUT2D eigenvalue weighted by Gasteiger charge is 2.15.